The smallest absolute Gasteiger partial charge is 0.456 e. The van der Waals surface area contributed by atoms with E-state index in [2.05, 4.69) is 62.5 Å². The number of ether oxygens (including phenoxy) is 1. The molecule has 0 heterocycles. The predicted molar refractivity (Wildman–Crippen MR) is 328 cm³/mol. The van der Waals surface area contributed by atoms with Gasteiger partial charge in [0, 0.05) is 12.8 Å². The first-order chi connectivity index (χ1) is 36.9. The van der Waals surface area contributed by atoms with Crippen molar-refractivity contribution in [3.05, 3.63) is 48.6 Å². The number of esters is 1. The van der Waals surface area contributed by atoms with Gasteiger partial charge in [0.05, 0.1) is 33.8 Å². The van der Waals surface area contributed by atoms with E-state index in [9.17, 15) is 19.0 Å². The molecule has 1 amide bonds. The van der Waals surface area contributed by atoms with E-state index in [0.717, 1.165) is 77.0 Å². The SMILES string of the molecule is CCCCC/C=C/C=C/CCCCCCCCC(=O)NC(COP(=O)(O)OCC[N+](C)(C)C)C(/C=C\CCCCCCCCCCCC)OC(=O)CCCCCCCCCCCCCCC/C=C/CCCCCCCC. The summed E-state index contributed by atoms with van der Waals surface area (Å²) in [7, 11) is 1.49. The Morgan fingerprint density at radius 3 is 1.22 bits per heavy atom. The van der Waals surface area contributed by atoms with Gasteiger partial charge in [0.15, 0.2) is 0 Å². The highest BCUT2D eigenvalue weighted by molar-refractivity contribution is 7.47. The van der Waals surface area contributed by atoms with Gasteiger partial charge in [-0.25, -0.2) is 4.57 Å². The van der Waals surface area contributed by atoms with Crippen LogP contribution in [0.2, 0.25) is 0 Å². The average Bonchev–Trinajstić information content (AvgIpc) is 3.38. The first-order valence-corrected chi connectivity index (χ1v) is 34.0. The fourth-order valence-corrected chi connectivity index (χ4v) is 10.2. The maximum Gasteiger partial charge on any atom is 0.472 e. The van der Waals surface area contributed by atoms with Crippen molar-refractivity contribution >= 4 is 19.7 Å². The van der Waals surface area contributed by atoms with Gasteiger partial charge in [0.2, 0.25) is 5.91 Å². The molecule has 3 unspecified atom stereocenters. The van der Waals surface area contributed by atoms with Crippen LogP contribution in [-0.2, 0) is 27.9 Å². The van der Waals surface area contributed by atoms with Crippen molar-refractivity contribution in [2.45, 2.75) is 322 Å². The number of amides is 1. The van der Waals surface area contributed by atoms with Gasteiger partial charge >= 0.3 is 13.8 Å². The average molecular weight is 1090 g/mol. The number of carbonyl (C=O) groups excluding carboxylic acids is 2. The Morgan fingerprint density at radius 2 is 0.803 bits per heavy atom. The molecule has 0 fully saturated rings. The van der Waals surface area contributed by atoms with E-state index in [4.69, 9.17) is 13.8 Å². The summed E-state index contributed by atoms with van der Waals surface area (Å²) >= 11 is 0. The molecule has 446 valence electrons. The molecular weight excluding hydrogens is 964 g/mol. The van der Waals surface area contributed by atoms with Gasteiger partial charge in [0.1, 0.15) is 19.3 Å². The molecule has 9 nitrogen and oxygen atoms in total. The molecule has 0 aromatic heterocycles. The molecule has 0 aromatic rings. The van der Waals surface area contributed by atoms with Gasteiger partial charge in [0.25, 0.3) is 0 Å². The molecule has 0 aliphatic carbocycles. The highest BCUT2D eigenvalue weighted by atomic mass is 31.2. The monoisotopic (exact) mass is 1090 g/mol. The van der Waals surface area contributed by atoms with Crippen LogP contribution in [0.4, 0.5) is 0 Å². The maximum atomic E-state index is 13.5. The molecule has 0 bridgehead atoms. The summed E-state index contributed by atoms with van der Waals surface area (Å²) in [5.74, 6) is -0.509. The second-order valence-corrected chi connectivity index (χ2v) is 24.8. The summed E-state index contributed by atoms with van der Waals surface area (Å²) in [5.41, 5.74) is 0. The molecule has 0 aromatic carbocycles. The maximum absolute atomic E-state index is 13.5. The minimum absolute atomic E-state index is 0.0384. The van der Waals surface area contributed by atoms with Crippen LogP contribution in [0.25, 0.3) is 0 Å². The second-order valence-electron chi connectivity index (χ2n) is 23.3. The highest BCUT2D eigenvalue weighted by Gasteiger charge is 2.30. The zero-order valence-electron chi connectivity index (χ0n) is 51.0. The molecule has 0 saturated heterocycles. The Labute approximate surface area is 471 Å². The molecule has 10 heteroatoms. The van der Waals surface area contributed by atoms with Crippen molar-refractivity contribution in [1.29, 1.82) is 0 Å². The number of quaternary nitrogens is 1. The first kappa shape index (κ1) is 74.0. The van der Waals surface area contributed by atoms with Crippen molar-refractivity contribution < 1.29 is 37.3 Å². The molecule has 0 saturated carbocycles. The molecule has 0 aliphatic heterocycles. The van der Waals surface area contributed by atoms with Crippen molar-refractivity contribution in [3.8, 4) is 0 Å². The minimum Gasteiger partial charge on any atom is -0.456 e. The molecule has 3 atom stereocenters. The lowest BCUT2D eigenvalue weighted by Crippen LogP contribution is -2.47. The van der Waals surface area contributed by atoms with Crippen molar-refractivity contribution in [2.75, 3.05) is 40.9 Å². The van der Waals surface area contributed by atoms with Crippen LogP contribution in [0.3, 0.4) is 0 Å². The van der Waals surface area contributed by atoms with E-state index in [1.165, 1.54) is 199 Å². The Bertz CT molecular complexity index is 1440. The van der Waals surface area contributed by atoms with Crippen LogP contribution < -0.4 is 5.32 Å². The normalized spacial score (nSPS) is 13.9. The third-order valence-corrected chi connectivity index (χ3v) is 15.5. The summed E-state index contributed by atoms with van der Waals surface area (Å²) in [6.07, 6.45) is 69.7. The van der Waals surface area contributed by atoms with Gasteiger partial charge in [-0.2, -0.15) is 0 Å². The van der Waals surface area contributed by atoms with E-state index in [-0.39, 0.29) is 25.1 Å². The second kappa shape index (κ2) is 56.3. The lowest BCUT2D eigenvalue weighted by molar-refractivity contribution is -0.870. The summed E-state index contributed by atoms with van der Waals surface area (Å²) in [4.78, 5) is 37.7. The van der Waals surface area contributed by atoms with Gasteiger partial charge in [-0.3, -0.25) is 18.6 Å². The van der Waals surface area contributed by atoms with Crippen molar-refractivity contribution in [1.82, 2.24) is 5.32 Å². The highest BCUT2D eigenvalue weighted by Crippen LogP contribution is 2.43. The molecule has 0 spiro atoms. The third-order valence-electron chi connectivity index (χ3n) is 14.5. The summed E-state index contributed by atoms with van der Waals surface area (Å²) < 4.78 is 30.7. The molecule has 0 rings (SSSR count). The largest absolute Gasteiger partial charge is 0.472 e. The third kappa shape index (κ3) is 56.7. The van der Waals surface area contributed by atoms with Gasteiger partial charge in [-0.1, -0.05) is 262 Å². The van der Waals surface area contributed by atoms with E-state index in [0.29, 0.717) is 23.9 Å². The van der Waals surface area contributed by atoms with Gasteiger partial charge in [-0.15, -0.1) is 0 Å². The summed E-state index contributed by atoms with van der Waals surface area (Å²) in [5, 5.41) is 3.05. The quantitative estimate of drug-likeness (QED) is 0.0156. The minimum atomic E-state index is -4.45. The van der Waals surface area contributed by atoms with Crippen molar-refractivity contribution in [3.63, 3.8) is 0 Å². The fraction of sp³-hybridized carbons (Fsp3) is 0.848. The predicted octanol–water partition coefficient (Wildman–Crippen LogP) is 20.1. The number of phosphoric ester groups is 1. The van der Waals surface area contributed by atoms with Gasteiger partial charge in [-0.05, 0) is 83.1 Å². The molecular formula is C66H126N2O7P+. The number of likely N-dealkylation sites (N-methyl/N-ethyl adjacent to an activating group) is 1. The van der Waals surface area contributed by atoms with Crippen LogP contribution in [0, 0.1) is 0 Å². The Balaban J connectivity index is 5.14. The number of hydrogen-bond acceptors (Lipinski definition) is 6. The number of nitrogens with zero attached hydrogens (tertiary/aromatic N) is 1. The standard InChI is InChI=1S/C66H125N2O7P/c1-7-10-13-16-19-22-25-28-30-31-32-33-34-35-36-37-39-41-44-47-50-53-56-59-66(70)75-64(57-54-51-48-45-42-27-24-21-18-15-12-9-3)63(62-74-76(71,72)73-61-60-68(4,5)6)67-65(69)58-55-52-49-46-43-40-38-29-26-23-20-17-14-11-8-2/h20,23,26,28-30,54,57,63-64H,7-19,21-22,24-25,27,31-53,55-56,58-62H2,1-6H3,(H-,67,69,71,72)/p+1/b23-20+,29-26+,30-28+,57-54-. The van der Waals surface area contributed by atoms with Crippen LogP contribution in [-0.4, -0.2) is 74.3 Å². The molecule has 0 radical (unpaired) electrons. The number of carbonyl (C=O) groups is 2. The lowest BCUT2D eigenvalue weighted by Gasteiger charge is -2.27. The number of unbranched alkanes of at least 4 members (excludes halogenated alkanes) is 38. The number of nitrogens with one attached hydrogen (secondary N) is 1. The fourth-order valence-electron chi connectivity index (χ4n) is 9.46. The molecule has 76 heavy (non-hydrogen) atoms. The van der Waals surface area contributed by atoms with Crippen LogP contribution >= 0.6 is 7.82 Å². The first-order valence-electron chi connectivity index (χ1n) is 32.5. The Kier molecular flexibility index (Phi) is 54.7. The summed E-state index contributed by atoms with van der Waals surface area (Å²) in [6.45, 7) is 7.00. The van der Waals surface area contributed by atoms with Crippen LogP contribution in [0.5, 0.6) is 0 Å². The van der Waals surface area contributed by atoms with E-state index in [1.807, 2.05) is 33.3 Å². The Morgan fingerprint density at radius 1 is 0.461 bits per heavy atom. The molecule has 2 N–H and O–H groups in total. The number of rotatable bonds is 59. The Hall–Kier alpha value is -2.03. The van der Waals surface area contributed by atoms with Crippen LogP contribution in [0.15, 0.2) is 48.6 Å². The molecule has 0 aliphatic rings. The van der Waals surface area contributed by atoms with Crippen LogP contribution in [0.1, 0.15) is 310 Å². The zero-order chi connectivity index (χ0) is 55.7. The van der Waals surface area contributed by atoms with E-state index >= 15 is 0 Å². The van der Waals surface area contributed by atoms with E-state index < -0.39 is 20.0 Å². The number of allylic oxidation sites excluding steroid dienone is 7. The number of hydrogen-bond donors (Lipinski definition) is 2. The summed E-state index contributed by atoms with van der Waals surface area (Å²) in [6, 6.07) is -0.853. The lowest BCUT2D eigenvalue weighted by atomic mass is 10.0. The number of phosphoric acid groups is 1. The van der Waals surface area contributed by atoms with Gasteiger partial charge < -0.3 is 19.4 Å². The zero-order valence-corrected chi connectivity index (χ0v) is 51.9. The topological polar surface area (TPSA) is 111 Å². The van der Waals surface area contributed by atoms with E-state index in [1.54, 1.807) is 0 Å². The van der Waals surface area contributed by atoms with Crippen molar-refractivity contribution in [2.24, 2.45) is 0 Å².